The Labute approximate surface area is 115 Å². The zero-order valence-corrected chi connectivity index (χ0v) is 12.2. The van der Waals surface area contributed by atoms with Gasteiger partial charge < -0.3 is 11.1 Å². The predicted molar refractivity (Wildman–Crippen MR) is 75.2 cm³/mol. The predicted octanol–water partition coefficient (Wildman–Crippen LogP) is 1.86. The third-order valence-corrected chi connectivity index (χ3v) is 3.97. The fourth-order valence-electron chi connectivity index (χ4n) is 2.16. The Morgan fingerprint density at radius 3 is 2.53 bits per heavy atom. The second-order valence-corrected chi connectivity index (χ2v) is 5.54. The molecule has 0 saturated carbocycles. The molecule has 1 unspecified atom stereocenters. The van der Waals surface area contributed by atoms with E-state index in [0.717, 1.165) is 17.0 Å². The van der Waals surface area contributed by atoms with E-state index in [1.807, 2.05) is 20.8 Å². The lowest BCUT2D eigenvalue weighted by Crippen LogP contribution is -2.27. The molecule has 6 nitrogen and oxygen atoms in total. The number of aryl methyl sites for hydroxylation is 3. The number of nitrogens with two attached hydrogens (primary N) is 1. The molecule has 0 radical (unpaired) electrons. The smallest absolute Gasteiger partial charge is 0.263 e. The van der Waals surface area contributed by atoms with E-state index in [0.29, 0.717) is 15.7 Å². The highest BCUT2D eigenvalue weighted by molar-refractivity contribution is 7.17. The van der Waals surface area contributed by atoms with E-state index in [1.54, 1.807) is 6.92 Å². The van der Waals surface area contributed by atoms with Crippen LogP contribution >= 0.6 is 11.3 Å². The molecule has 19 heavy (non-hydrogen) atoms. The van der Waals surface area contributed by atoms with Gasteiger partial charge in [0.2, 0.25) is 0 Å². The lowest BCUT2D eigenvalue weighted by atomic mass is 10.1. The molecular weight excluding hydrogens is 262 g/mol. The van der Waals surface area contributed by atoms with Gasteiger partial charge in [0, 0.05) is 11.3 Å². The summed E-state index contributed by atoms with van der Waals surface area (Å²) in [5, 5.41) is 10.4. The summed E-state index contributed by atoms with van der Waals surface area (Å²) in [5.74, 6) is -0.154. The highest BCUT2D eigenvalue weighted by atomic mass is 32.1. The summed E-state index contributed by atoms with van der Waals surface area (Å²) < 4.78 is 0. The van der Waals surface area contributed by atoms with Crippen LogP contribution in [0.15, 0.2) is 0 Å². The Hall–Kier alpha value is -1.89. The van der Waals surface area contributed by atoms with Crippen LogP contribution in [0.2, 0.25) is 0 Å². The number of thiazole rings is 1. The van der Waals surface area contributed by atoms with Crippen molar-refractivity contribution in [2.75, 3.05) is 5.73 Å². The average molecular weight is 279 g/mol. The summed E-state index contributed by atoms with van der Waals surface area (Å²) in [6, 6.07) is -0.117. The fraction of sp³-hybridized carbons (Fsp3) is 0.417. The molecule has 7 heteroatoms. The number of nitrogen functional groups attached to an aromatic ring is 1. The van der Waals surface area contributed by atoms with Crippen LogP contribution in [0.5, 0.6) is 0 Å². The van der Waals surface area contributed by atoms with Gasteiger partial charge in [-0.05, 0) is 27.7 Å². The summed E-state index contributed by atoms with van der Waals surface area (Å²) in [6.45, 7) is 7.56. The summed E-state index contributed by atoms with van der Waals surface area (Å²) in [5.41, 5.74) is 9.14. The van der Waals surface area contributed by atoms with Crippen molar-refractivity contribution in [3.8, 4) is 0 Å². The number of aromatic amines is 1. The topological polar surface area (TPSA) is 96.7 Å². The van der Waals surface area contributed by atoms with Crippen molar-refractivity contribution in [2.45, 2.75) is 33.7 Å². The first-order valence-electron chi connectivity index (χ1n) is 5.95. The number of anilines is 1. The van der Waals surface area contributed by atoms with E-state index in [2.05, 4.69) is 20.5 Å². The first kappa shape index (κ1) is 13.5. The Kier molecular flexibility index (Phi) is 3.57. The minimum absolute atomic E-state index is 0.117. The van der Waals surface area contributed by atoms with Crippen LogP contribution in [0.4, 0.5) is 5.13 Å². The second kappa shape index (κ2) is 5.00. The normalized spacial score (nSPS) is 12.4. The van der Waals surface area contributed by atoms with Crippen LogP contribution in [-0.4, -0.2) is 21.1 Å². The Bertz CT molecular complexity index is 596. The van der Waals surface area contributed by atoms with Crippen molar-refractivity contribution >= 4 is 22.4 Å². The van der Waals surface area contributed by atoms with Gasteiger partial charge >= 0.3 is 0 Å². The third-order valence-electron chi connectivity index (χ3n) is 2.99. The molecule has 2 aromatic rings. The first-order chi connectivity index (χ1) is 8.90. The number of rotatable bonds is 3. The zero-order chi connectivity index (χ0) is 14.2. The van der Waals surface area contributed by atoms with Gasteiger partial charge in [0.25, 0.3) is 5.91 Å². The third kappa shape index (κ3) is 2.60. The van der Waals surface area contributed by atoms with E-state index in [9.17, 15) is 4.79 Å². The van der Waals surface area contributed by atoms with Gasteiger partial charge in [0.1, 0.15) is 4.88 Å². The molecule has 0 fully saturated rings. The Morgan fingerprint density at radius 1 is 1.37 bits per heavy atom. The minimum atomic E-state index is -0.154. The fourth-order valence-corrected chi connectivity index (χ4v) is 2.90. The molecular formula is C12H17N5OS. The van der Waals surface area contributed by atoms with Crippen molar-refractivity contribution in [3.63, 3.8) is 0 Å². The van der Waals surface area contributed by atoms with E-state index in [4.69, 9.17) is 5.73 Å². The molecule has 0 saturated heterocycles. The number of hydrogen-bond donors (Lipinski definition) is 3. The number of nitrogens with zero attached hydrogens (tertiary/aromatic N) is 2. The second-order valence-electron chi connectivity index (χ2n) is 4.51. The molecule has 2 heterocycles. The Balaban J connectivity index is 2.18. The van der Waals surface area contributed by atoms with Gasteiger partial charge in [0.15, 0.2) is 5.13 Å². The number of hydrogen-bond acceptors (Lipinski definition) is 5. The zero-order valence-electron chi connectivity index (χ0n) is 11.4. The van der Waals surface area contributed by atoms with E-state index < -0.39 is 0 Å². The molecule has 2 aromatic heterocycles. The maximum atomic E-state index is 12.2. The van der Waals surface area contributed by atoms with E-state index in [1.165, 1.54) is 11.3 Å². The molecule has 2 rings (SSSR count). The molecule has 102 valence electrons. The number of amides is 1. The number of nitrogens with one attached hydrogen (secondary N) is 2. The quantitative estimate of drug-likeness (QED) is 0.799. The van der Waals surface area contributed by atoms with Gasteiger partial charge in [-0.1, -0.05) is 11.3 Å². The van der Waals surface area contributed by atoms with Crippen molar-refractivity contribution < 1.29 is 4.79 Å². The number of H-pyrrole nitrogens is 1. The van der Waals surface area contributed by atoms with Crippen molar-refractivity contribution in [2.24, 2.45) is 0 Å². The van der Waals surface area contributed by atoms with Crippen molar-refractivity contribution in [3.05, 3.63) is 27.5 Å². The van der Waals surface area contributed by atoms with Crippen LogP contribution in [0.25, 0.3) is 0 Å². The van der Waals surface area contributed by atoms with Gasteiger partial charge in [-0.25, -0.2) is 4.98 Å². The molecule has 0 aliphatic rings. The Morgan fingerprint density at radius 2 is 2.05 bits per heavy atom. The molecule has 0 aliphatic carbocycles. The lowest BCUT2D eigenvalue weighted by molar-refractivity contribution is 0.0943. The number of aromatic nitrogens is 3. The van der Waals surface area contributed by atoms with Gasteiger partial charge in [-0.3, -0.25) is 9.89 Å². The number of carbonyl (C=O) groups is 1. The monoisotopic (exact) mass is 279 g/mol. The molecule has 0 spiro atoms. The largest absolute Gasteiger partial charge is 0.375 e. The summed E-state index contributed by atoms with van der Waals surface area (Å²) >= 11 is 1.20. The summed E-state index contributed by atoms with van der Waals surface area (Å²) in [6.07, 6.45) is 0. The SMILES string of the molecule is Cc1nc(N)sc1C(=O)NC(C)c1c(C)n[nH]c1C. The molecule has 0 aliphatic heterocycles. The minimum Gasteiger partial charge on any atom is -0.375 e. The highest BCUT2D eigenvalue weighted by Gasteiger charge is 2.20. The summed E-state index contributed by atoms with van der Waals surface area (Å²) in [4.78, 5) is 16.8. The van der Waals surface area contributed by atoms with Crippen LogP contribution in [0.1, 0.15) is 45.3 Å². The van der Waals surface area contributed by atoms with Crippen LogP contribution in [-0.2, 0) is 0 Å². The van der Waals surface area contributed by atoms with Gasteiger partial charge in [0.05, 0.1) is 17.4 Å². The molecule has 1 atom stereocenters. The maximum Gasteiger partial charge on any atom is 0.263 e. The van der Waals surface area contributed by atoms with Crippen molar-refractivity contribution in [1.29, 1.82) is 0 Å². The van der Waals surface area contributed by atoms with Gasteiger partial charge in [-0.15, -0.1) is 0 Å². The standard InChI is InChI=1S/C12H17N5OS/c1-5(9-6(2)16-17-7(9)3)14-11(18)10-8(4)15-12(13)19-10/h5H,1-4H3,(H2,13,15)(H,14,18)(H,16,17). The van der Waals surface area contributed by atoms with E-state index >= 15 is 0 Å². The van der Waals surface area contributed by atoms with Crippen LogP contribution < -0.4 is 11.1 Å². The molecule has 1 amide bonds. The lowest BCUT2D eigenvalue weighted by Gasteiger charge is -2.14. The highest BCUT2D eigenvalue weighted by Crippen LogP contribution is 2.23. The molecule has 4 N–H and O–H groups in total. The number of carbonyl (C=O) groups excluding carboxylic acids is 1. The van der Waals surface area contributed by atoms with E-state index in [-0.39, 0.29) is 11.9 Å². The van der Waals surface area contributed by atoms with Crippen LogP contribution in [0, 0.1) is 20.8 Å². The molecule has 0 aromatic carbocycles. The average Bonchev–Trinajstić information content (AvgIpc) is 2.81. The summed E-state index contributed by atoms with van der Waals surface area (Å²) in [7, 11) is 0. The first-order valence-corrected chi connectivity index (χ1v) is 6.77. The van der Waals surface area contributed by atoms with Gasteiger partial charge in [-0.2, -0.15) is 5.10 Å². The molecule has 0 bridgehead atoms. The maximum absolute atomic E-state index is 12.2. The van der Waals surface area contributed by atoms with Crippen molar-refractivity contribution in [1.82, 2.24) is 20.5 Å². The van der Waals surface area contributed by atoms with Crippen LogP contribution in [0.3, 0.4) is 0 Å².